The number of nitrogens with one attached hydrogen (secondary N) is 1. The van der Waals surface area contributed by atoms with Gasteiger partial charge in [-0.3, -0.25) is 0 Å². The molecule has 0 amide bonds. The molecule has 20 heavy (non-hydrogen) atoms. The lowest BCUT2D eigenvalue weighted by atomic mass is 10.2. The van der Waals surface area contributed by atoms with E-state index in [0.717, 1.165) is 7.11 Å². The van der Waals surface area contributed by atoms with E-state index in [9.17, 15) is 14.7 Å². The number of hydrogen-bond acceptors (Lipinski definition) is 6. The minimum Gasteiger partial charge on any atom is -0.545 e. The van der Waals surface area contributed by atoms with Gasteiger partial charge in [0, 0.05) is 5.02 Å². The number of aliphatic carboxylic acids is 1. The van der Waals surface area contributed by atoms with Gasteiger partial charge in [0.05, 0.1) is 30.9 Å². The molecule has 8 heteroatoms. The molecule has 0 aliphatic rings. The van der Waals surface area contributed by atoms with E-state index >= 15 is 0 Å². The van der Waals surface area contributed by atoms with Crippen molar-refractivity contribution in [1.29, 1.82) is 0 Å². The zero-order valence-corrected chi connectivity index (χ0v) is 12.0. The Kier molecular flexibility index (Phi) is 5.66. The quantitative estimate of drug-likeness (QED) is 0.648. The van der Waals surface area contributed by atoms with Crippen LogP contribution in [0.25, 0.3) is 0 Å². The van der Waals surface area contributed by atoms with E-state index in [1.54, 1.807) is 0 Å². The maximum Gasteiger partial charge on any atom is 0.354 e. The largest absolute Gasteiger partial charge is 0.545 e. The molecule has 0 radical (unpaired) electrons. The minimum absolute atomic E-state index is 0.195. The second kappa shape index (κ2) is 7.02. The molecule has 0 fully saturated rings. The molecule has 0 aromatic heterocycles. The molecule has 6 nitrogen and oxygen atoms in total. The van der Waals surface area contributed by atoms with E-state index in [0.29, 0.717) is 6.08 Å². The van der Waals surface area contributed by atoms with E-state index in [1.807, 2.05) is 0 Å². The van der Waals surface area contributed by atoms with Crippen LogP contribution in [0.15, 0.2) is 23.9 Å². The maximum atomic E-state index is 11.5. The van der Waals surface area contributed by atoms with Crippen LogP contribution in [0.2, 0.25) is 10.0 Å². The number of carbonyl (C=O) groups excluding carboxylic acids is 2. The number of carboxylic acids is 1. The fourth-order valence-electron chi connectivity index (χ4n) is 1.38. The highest BCUT2D eigenvalue weighted by Gasteiger charge is 2.15. The second-order valence-corrected chi connectivity index (χ2v) is 4.31. The van der Waals surface area contributed by atoms with Crippen LogP contribution in [-0.4, -0.2) is 26.2 Å². The summed E-state index contributed by atoms with van der Waals surface area (Å²) in [6.07, 6.45) is 0.556. The number of esters is 1. The Bertz CT molecular complexity index is 571. The van der Waals surface area contributed by atoms with Crippen molar-refractivity contribution in [3.05, 3.63) is 34.0 Å². The number of methoxy groups -OCH3 is 2. The highest BCUT2D eigenvalue weighted by molar-refractivity contribution is 6.36. The van der Waals surface area contributed by atoms with Crippen LogP contribution in [0.3, 0.4) is 0 Å². The Morgan fingerprint density at radius 2 is 1.95 bits per heavy atom. The number of ether oxygens (including phenoxy) is 2. The van der Waals surface area contributed by atoms with Crippen molar-refractivity contribution >= 4 is 40.8 Å². The smallest absolute Gasteiger partial charge is 0.354 e. The highest BCUT2D eigenvalue weighted by atomic mass is 35.5. The van der Waals surface area contributed by atoms with Gasteiger partial charge in [-0.2, -0.15) is 0 Å². The van der Waals surface area contributed by atoms with Gasteiger partial charge in [-0.25, -0.2) is 4.79 Å². The summed E-state index contributed by atoms with van der Waals surface area (Å²) in [5, 5.41) is 13.6. The van der Waals surface area contributed by atoms with Gasteiger partial charge in [0.25, 0.3) is 0 Å². The molecule has 0 bridgehead atoms. The summed E-state index contributed by atoms with van der Waals surface area (Å²) in [6, 6.07) is 2.85. The zero-order valence-electron chi connectivity index (χ0n) is 10.5. The molecule has 1 aromatic carbocycles. The monoisotopic (exact) mass is 318 g/mol. The Morgan fingerprint density at radius 3 is 2.45 bits per heavy atom. The summed E-state index contributed by atoms with van der Waals surface area (Å²) in [6.45, 7) is 0. The normalized spacial score (nSPS) is 10.9. The molecule has 1 N–H and O–H groups in total. The Balaban J connectivity index is 3.24. The van der Waals surface area contributed by atoms with E-state index in [-0.39, 0.29) is 27.2 Å². The molecule has 108 valence electrons. The Labute approximate surface area is 124 Å². The first-order valence-corrected chi connectivity index (χ1v) is 5.95. The van der Waals surface area contributed by atoms with Gasteiger partial charge in [-0.1, -0.05) is 23.2 Å². The molecule has 0 saturated heterocycles. The van der Waals surface area contributed by atoms with Crippen LogP contribution >= 0.6 is 23.2 Å². The van der Waals surface area contributed by atoms with Gasteiger partial charge < -0.3 is 24.7 Å². The molecule has 1 aromatic rings. The number of anilines is 1. The van der Waals surface area contributed by atoms with Crippen LogP contribution in [0, 0.1) is 0 Å². The van der Waals surface area contributed by atoms with Gasteiger partial charge in [-0.15, -0.1) is 0 Å². The Hall–Kier alpha value is -1.92. The lowest BCUT2D eigenvalue weighted by Crippen LogP contribution is -2.23. The van der Waals surface area contributed by atoms with Crippen LogP contribution in [0.1, 0.15) is 0 Å². The molecule has 0 heterocycles. The Morgan fingerprint density at radius 1 is 1.30 bits per heavy atom. The van der Waals surface area contributed by atoms with Crippen molar-refractivity contribution in [2.75, 3.05) is 19.5 Å². The van der Waals surface area contributed by atoms with Crippen molar-refractivity contribution in [2.24, 2.45) is 0 Å². The highest BCUT2D eigenvalue weighted by Crippen LogP contribution is 2.36. The number of hydrogen-bond donors (Lipinski definition) is 1. The molecule has 0 saturated carbocycles. The average molecular weight is 319 g/mol. The summed E-state index contributed by atoms with van der Waals surface area (Å²) in [4.78, 5) is 22.1. The molecular weight excluding hydrogens is 309 g/mol. The van der Waals surface area contributed by atoms with Gasteiger partial charge in [0.2, 0.25) is 0 Å². The number of rotatable bonds is 5. The molecule has 0 unspecified atom stereocenters. The number of benzene rings is 1. The number of carboxylic acid groups (broad SMARTS) is 1. The number of halogens is 2. The zero-order chi connectivity index (χ0) is 15.3. The summed E-state index contributed by atoms with van der Waals surface area (Å²) in [5.41, 5.74) is -0.146. The van der Waals surface area contributed by atoms with Gasteiger partial charge in [0.15, 0.2) is 5.75 Å². The summed E-state index contributed by atoms with van der Waals surface area (Å²) < 4.78 is 9.51. The fourth-order valence-corrected chi connectivity index (χ4v) is 1.95. The summed E-state index contributed by atoms with van der Waals surface area (Å²) in [7, 11) is 2.47. The predicted molar refractivity (Wildman–Crippen MR) is 71.7 cm³/mol. The van der Waals surface area contributed by atoms with Crippen molar-refractivity contribution < 1.29 is 24.2 Å². The van der Waals surface area contributed by atoms with E-state index in [1.165, 1.54) is 19.2 Å². The van der Waals surface area contributed by atoms with Crippen molar-refractivity contribution in [1.82, 2.24) is 0 Å². The van der Waals surface area contributed by atoms with Gasteiger partial charge in [0.1, 0.15) is 5.70 Å². The van der Waals surface area contributed by atoms with Crippen LogP contribution in [0.5, 0.6) is 5.75 Å². The molecule has 0 spiro atoms. The van der Waals surface area contributed by atoms with E-state index in [4.69, 9.17) is 27.9 Å². The van der Waals surface area contributed by atoms with Crippen LogP contribution in [-0.2, 0) is 14.3 Å². The third-order valence-corrected chi connectivity index (χ3v) is 2.65. The first-order chi connectivity index (χ1) is 9.38. The number of carbonyl (C=O) groups is 2. The maximum absolute atomic E-state index is 11.5. The first-order valence-electron chi connectivity index (χ1n) is 5.20. The minimum atomic E-state index is -1.56. The molecular formula is C12H10Cl2NO5-. The first kappa shape index (κ1) is 16.1. The van der Waals surface area contributed by atoms with Crippen molar-refractivity contribution in [3.63, 3.8) is 0 Å². The van der Waals surface area contributed by atoms with Crippen molar-refractivity contribution in [2.45, 2.75) is 0 Å². The lowest BCUT2D eigenvalue weighted by Gasteiger charge is -2.14. The second-order valence-electron chi connectivity index (χ2n) is 3.46. The van der Waals surface area contributed by atoms with E-state index < -0.39 is 11.9 Å². The summed E-state index contributed by atoms with van der Waals surface area (Å²) >= 11 is 11.8. The molecule has 0 aliphatic heterocycles. The lowest BCUT2D eigenvalue weighted by molar-refractivity contribution is -0.297. The third kappa shape index (κ3) is 4.04. The topological polar surface area (TPSA) is 87.7 Å². The van der Waals surface area contributed by atoms with Crippen LogP contribution < -0.4 is 15.2 Å². The molecule has 0 aliphatic carbocycles. The van der Waals surface area contributed by atoms with Crippen molar-refractivity contribution in [3.8, 4) is 5.75 Å². The average Bonchev–Trinajstić information content (AvgIpc) is 2.36. The third-order valence-electron chi connectivity index (χ3n) is 2.15. The molecule has 0 atom stereocenters. The van der Waals surface area contributed by atoms with E-state index in [2.05, 4.69) is 10.1 Å². The van der Waals surface area contributed by atoms with Gasteiger partial charge in [-0.05, 0) is 18.2 Å². The standard InChI is InChI=1S/C12H11Cl2NO5/c1-19-11-7(14)3-6(13)4-8(11)15-9(5-10(16)17)12(18)20-2/h3-5,15H,1-2H3,(H,16,17)/p-1. The van der Waals surface area contributed by atoms with Crippen LogP contribution in [0.4, 0.5) is 5.69 Å². The van der Waals surface area contributed by atoms with Gasteiger partial charge >= 0.3 is 5.97 Å². The summed E-state index contributed by atoms with van der Waals surface area (Å²) in [5.74, 6) is -2.26. The SMILES string of the molecule is COC(=O)C(=CC(=O)[O-])Nc1cc(Cl)cc(Cl)c1OC. The predicted octanol–water partition coefficient (Wildman–Crippen LogP) is 1.22. The fraction of sp³-hybridized carbons (Fsp3) is 0.167. The molecule has 1 rings (SSSR count).